The monoisotopic (exact) mass is 887 g/mol. The predicted octanol–water partition coefficient (Wildman–Crippen LogP) is 8.21. The molecule has 2 fully saturated rings. The number of methoxy groups -OCH3 is 3. The number of benzene rings is 4. The molecule has 2 aliphatic rings. The predicted molar refractivity (Wildman–Crippen MR) is 246 cm³/mol. The van der Waals surface area contributed by atoms with Crippen molar-refractivity contribution in [2.24, 2.45) is 0 Å². The van der Waals surface area contributed by atoms with Crippen molar-refractivity contribution in [3.8, 4) is 39.5 Å². The van der Waals surface area contributed by atoms with Gasteiger partial charge < -0.3 is 44.6 Å². The number of H-pyrrole nitrogens is 2. The lowest BCUT2D eigenvalue weighted by Gasteiger charge is -2.28. The number of imidazole rings is 2. The molecule has 4 N–H and O–H groups in total. The molecule has 4 amide bonds. The fourth-order valence-electron chi connectivity index (χ4n) is 8.99. The molecule has 66 heavy (non-hydrogen) atoms. The Morgan fingerprint density at radius 3 is 1.61 bits per heavy atom. The van der Waals surface area contributed by atoms with Crippen LogP contribution in [0.15, 0.2) is 122 Å². The molecule has 9 rings (SSSR count). The molecule has 0 radical (unpaired) electrons. The Hall–Kier alpha value is -8.01. The maximum atomic E-state index is 14.0. The van der Waals surface area contributed by atoms with Gasteiger partial charge in [-0.05, 0) is 54.5 Å². The van der Waals surface area contributed by atoms with Gasteiger partial charge in [-0.15, -0.1) is 0 Å². The molecule has 16 heteroatoms. The number of hydrogen-bond acceptors (Lipinski definition) is 10. The average Bonchev–Trinajstić information content (AvgIpc) is 4.22. The highest BCUT2D eigenvalue weighted by molar-refractivity contribution is 5.92. The molecule has 2 aliphatic heterocycles. The maximum Gasteiger partial charge on any atom is 0.407 e. The summed E-state index contributed by atoms with van der Waals surface area (Å²) in [6.07, 6.45) is 5.22. The Morgan fingerprint density at radius 2 is 1.11 bits per heavy atom. The topological polar surface area (TPSA) is 197 Å². The molecule has 0 saturated carbocycles. The van der Waals surface area contributed by atoms with E-state index >= 15 is 0 Å². The summed E-state index contributed by atoms with van der Waals surface area (Å²) in [5.74, 6) is 1.53. The number of fused-ring (bicyclic) bond motifs is 1. The van der Waals surface area contributed by atoms with E-state index in [1.165, 1.54) is 14.2 Å². The van der Waals surface area contributed by atoms with Crippen LogP contribution >= 0.6 is 0 Å². The Kier molecular flexibility index (Phi) is 12.4. The molecule has 2 saturated heterocycles. The third kappa shape index (κ3) is 8.76. The van der Waals surface area contributed by atoms with E-state index in [4.69, 9.17) is 29.2 Å². The number of carbonyl (C=O) groups is 4. The lowest BCUT2D eigenvalue weighted by atomic mass is 10.0. The highest BCUT2D eigenvalue weighted by atomic mass is 16.5. The first-order chi connectivity index (χ1) is 32.2. The second kappa shape index (κ2) is 19.0. The SMILES string of the molecule is COC(=O)NC(C(=O)N1CCCC1c1ncc(-c2ccc(-c3cc(OC)c4cc(-c5cnc(C6CCCN6C(=O)C(NC(=O)OC)c6ccccc6)[nH]5)ccc4n3)cc2)[nH]1)c1ccccc1. The minimum Gasteiger partial charge on any atom is -0.496 e. The van der Waals surface area contributed by atoms with Gasteiger partial charge in [-0.2, -0.15) is 0 Å². The van der Waals surface area contributed by atoms with Gasteiger partial charge in [-0.1, -0.05) is 91.0 Å². The lowest BCUT2D eigenvalue weighted by molar-refractivity contribution is -0.135. The van der Waals surface area contributed by atoms with Crippen molar-refractivity contribution in [2.75, 3.05) is 34.4 Å². The van der Waals surface area contributed by atoms with Crippen molar-refractivity contribution in [1.29, 1.82) is 0 Å². The van der Waals surface area contributed by atoms with Crippen LogP contribution in [0.2, 0.25) is 0 Å². The smallest absolute Gasteiger partial charge is 0.407 e. The van der Waals surface area contributed by atoms with Crippen molar-refractivity contribution in [1.82, 2.24) is 45.4 Å². The van der Waals surface area contributed by atoms with Crippen LogP contribution in [0.25, 0.3) is 44.7 Å². The number of hydrogen-bond donors (Lipinski definition) is 4. The van der Waals surface area contributed by atoms with Gasteiger partial charge in [0, 0.05) is 35.7 Å². The quantitative estimate of drug-likeness (QED) is 0.0928. The number of amides is 4. The van der Waals surface area contributed by atoms with Crippen molar-refractivity contribution < 1.29 is 33.4 Å². The summed E-state index contributed by atoms with van der Waals surface area (Å²) in [6.45, 7) is 1.06. The largest absolute Gasteiger partial charge is 0.496 e. The number of aromatic amines is 2. The van der Waals surface area contributed by atoms with E-state index in [-0.39, 0.29) is 23.9 Å². The fraction of sp³-hybridized carbons (Fsp3) is 0.260. The average molecular weight is 888 g/mol. The Balaban J connectivity index is 0.905. The third-order valence-corrected chi connectivity index (χ3v) is 12.3. The lowest BCUT2D eigenvalue weighted by Crippen LogP contribution is -2.42. The van der Waals surface area contributed by atoms with Crippen LogP contribution in [0.4, 0.5) is 9.59 Å². The van der Waals surface area contributed by atoms with E-state index in [1.807, 2.05) is 109 Å². The van der Waals surface area contributed by atoms with E-state index in [0.717, 1.165) is 70.4 Å². The molecular formula is C50H49N9O7. The Morgan fingerprint density at radius 1 is 0.621 bits per heavy atom. The van der Waals surface area contributed by atoms with Crippen LogP contribution < -0.4 is 15.4 Å². The first kappa shape index (κ1) is 43.3. The normalized spacial score (nSPS) is 16.7. The summed E-state index contributed by atoms with van der Waals surface area (Å²) >= 11 is 0. The molecule has 0 bridgehead atoms. The van der Waals surface area contributed by atoms with E-state index in [1.54, 1.807) is 29.3 Å². The Bertz CT molecular complexity index is 2870. The van der Waals surface area contributed by atoms with Crippen LogP contribution in [0.1, 0.15) is 72.6 Å². The number of carbonyl (C=O) groups excluding carboxylic acids is 4. The van der Waals surface area contributed by atoms with Gasteiger partial charge in [0.1, 0.15) is 29.5 Å². The first-order valence-electron chi connectivity index (χ1n) is 21.8. The maximum absolute atomic E-state index is 14.0. The van der Waals surface area contributed by atoms with Gasteiger partial charge in [0.05, 0.1) is 68.4 Å². The second-order valence-electron chi connectivity index (χ2n) is 16.2. The molecule has 4 atom stereocenters. The van der Waals surface area contributed by atoms with Crippen LogP contribution in [0, 0.1) is 0 Å². The second-order valence-corrected chi connectivity index (χ2v) is 16.2. The number of nitrogens with zero attached hydrogens (tertiary/aromatic N) is 5. The minimum absolute atomic E-state index is 0.229. The van der Waals surface area contributed by atoms with Crippen LogP contribution in [-0.4, -0.2) is 93.1 Å². The zero-order valence-electron chi connectivity index (χ0n) is 36.7. The number of aromatic nitrogens is 5. The van der Waals surface area contributed by atoms with Crippen molar-refractivity contribution in [2.45, 2.75) is 49.9 Å². The molecule has 5 heterocycles. The number of ether oxygens (including phenoxy) is 3. The van der Waals surface area contributed by atoms with Crippen LogP contribution in [0.3, 0.4) is 0 Å². The van der Waals surface area contributed by atoms with Gasteiger partial charge in [0.2, 0.25) is 0 Å². The summed E-state index contributed by atoms with van der Waals surface area (Å²) < 4.78 is 15.6. The molecule has 0 aliphatic carbocycles. The first-order valence-corrected chi connectivity index (χ1v) is 21.8. The summed E-state index contributed by atoms with van der Waals surface area (Å²) in [5, 5.41) is 6.25. The van der Waals surface area contributed by atoms with Crippen LogP contribution in [-0.2, 0) is 19.1 Å². The van der Waals surface area contributed by atoms with Gasteiger partial charge in [-0.25, -0.2) is 24.5 Å². The van der Waals surface area contributed by atoms with Crippen LogP contribution in [0.5, 0.6) is 5.75 Å². The molecule has 4 aromatic carbocycles. The van der Waals surface area contributed by atoms with Gasteiger partial charge in [0.25, 0.3) is 11.8 Å². The van der Waals surface area contributed by atoms with Gasteiger partial charge in [-0.3, -0.25) is 9.59 Å². The number of rotatable bonds is 12. The number of alkyl carbamates (subject to hydrolysis) is 2. The zero-order chi connectivity index (χ0) is 45.7. The summed E-state index contributed by atoms with van der Waals surface area (Å²) in [4.78, 5) is 77.5. The third-order valence-electron chi connectivity index (χ3n) is 12.3. The summed E-state index contributed by atoms with van der Waals surface area (Å²) in [7, 11) is 4.19. The number of likely N-dealkylation sites (tertiary alicyclic amines) is 2. The fourth-order valence-corrected chi connectivity index (χ4v) is 8.99. The van der Waals surface area contributed by atoms with E-state index in [2.05, 4.69) is 20.6 Å². The van der Waals surface area contributed by atoms with Crippen molar-refractivity contribution >= 4 is 34.9 Å². The molecule has 0 spiro atoms. The molecule has 336 valence electrons. The minimum atomic E-state index is -0.908. The molecule has 4 unspecified atom stereocenters. The molecule has 7 aromatic rings. The molecular weight excluding hydrogens is 839 g/mol. The van der Waals surface area contributed by atoms with E-state index < -0.39 is 24.3 Å². The molecule has 16 nitrogen and oxygen atoms in total. The van der Waals surface area contributed by atoms with Gasteiger partial charge in [0.15, 0.2) is 0 Å². The van der Waals surface area contributed by atoms with Crippen molar-refractivity contribution in [3.05, 3.63) is 144 Å². The standard InChI is InChI=1S/C50H49N9O7/c1-64-42-27-37(30-18-20-31(21-19-30)38-28-51-45(54-38)40-16-10-24-58(40)47(60)43(56-49(62)65-2)32-12-6-4-7-13-32)53-36-23-22-34(26-35(36)42)39-29-52-46(55-39)41-17-11-25-59(41)48(61)44(57-50(63)66-3)33-14-8-5-9-15-33/h4-9,12-15,18-23,26-29,40-41,43-44H,10-11,16-17,24-25H2,1-3H3,(H,51,54)(H,52,55)(H,56,62)(H,57,63). The summed E-state index contributed by atoms with van der Waals surface area (Å²) in [6, 6.07) is 31.8. The zero-order valence-corrected chi connectivity index (χ0v) is 36.7. The van der Waals surface area contributed by atoms with Crippen molar-refractivity contribution in [3.63, 3.8) is 0 Å². The molecule has 3 aromatic heterocycles. The van der Waals surface area contributed by atoms with E-state index in [9.17, 15) is 19.2 Å². The highest BCUT2D eigenvalue weighted by Gasteiger charge is 2.38. The summed E-state index contributed by atoms with van der Waals surface area (Å²) in [5.41, 5.74) is 7.09. The Labute approximate surface area is 380 Å². The number of pyridine rings is 1. The highest BCUT2D eigenvalue weighted by Crippen LogP contribution is 2.38. The van der Waals surface area contributed by atoms with Gasteiger partial charge >= 0.3 is 12.2 Å². The number of nitrogens with one attached hydrogen (secondary N) is 4. The van der Waals surface area contributed by atoms with E-state index in [0.29, 0.717) is 41.6 Å².